The molecule has 326 valence electrons. The van der Waals surface area contributed by atoms with Gasteiger partial charge in [-0.05, 0) is 86.6 Å². The van der Waals surface area contributed by atoms with Crippen molar-refractivity contribution >= 4 is 86.3 Å². The molecule has 0 saturated carbocycles. The first-order chi connectivity index (χ1) is 29.8. The quantitative estimate of drug-likeness (QED) is 0.0158. The van der Waals surface area contributed by atoms with Crippen molar-refractivity contribution in [1.82, 2.24) is 19.9 Å². The molecule has 0 aliphatic heterocycles. The van der Waals surface area contributed by atoms with Crippen LogP contribution in [0.3, 0.4) is 0 Å². The number of allylic oxidation sites excluding steroid dienone is 1. The number of nitrogens with two attached hydrogens (primary N) is 1. The Morgan fingerprint density at radius 3 is 1.62 bits per heavy atom. The first-order valence-electron chi connectivity index (χ1n) is 17.8. The van der Waals surface area contributed by atoms with Gasteiger partial charge in [-0.3, -0.25) is 14.4 Å². The first kappa shape index (κ1) is 50.2. The second kappa shape index (κ2) is 22.6. The van der Waals surface area contributed by atoms with Gasteiger partial charge >= 0.3 is 58.8 Å². The Hall–Kier alpha value is -8.15. The average molecular weight is 890 g/mol. The summed E-state index contributed by atoms with van der Waals surface area (Å²) in [7, 11) is 2.34. The Morgan fingerprint density at radius 1 is 0.672 bits per heavy atom. The van der Waals surface area contributed by atoms with Crippen LogP contribution in [0.5, 0.6) is 0 Å². The Bertz CT molecular complexity index is 2960. The fourth-order valence-electron chi connectivity index (χ4n) is 5.27. The van der Waals surface area contributed by atoms with Crippen molar-refractivity contribution in [2.24, 2.45) is 10.2 Å². The van der Waals surface area contributed by atoms with Gasteiger partial charge in [-0.1, -0.05) is 0 Å². The van der Waals surface area contributed by atoms with Crippen LogP contribution < -0.4 is 62.4 Å². The number of carbonyl (C=O) groups is 7. The molecule has 6 rings (SSSR count). The number of nitrogen functional groups attached to an aromatic ring is 1. The van der Waals surface area contributed by atoms with Crippen molar-refractivity contribution in [1.29, 1.82) is 0 Å². The molecule has 10 N–H and O–H groups in total. The molecule has 23 nitrogen and oxygen atoms in total. The maximum absolute atomic E-state index is 12.6. The van der Waals surface area contributed by atoms with Crippen LogP contribution in [0, 0.1) is 0 Å². The zero-order valence-electron chi connectivity index (χ0n) is 34.4. The number of ketones is 1. The van der Waals surface area contributed by atoms with Crippen molar-refractivity contribution in [3.63, 3.8) is 0 Å². The van der Waals surface area contributed by atoms with E-state index in [9.17, 15) is 58.5 Å². The van der Waals surface area contributed by atoms with E-state index >= 15 is 0 Å². The smallest absolute Gasteiger partial charge is 0.545 e. The molecule has 0 atom stereocenters. The molecule has 0 bridgehead atoms. The van der Waals surface area contributed by atoms with Crippen LogP contribution in [0.1, 0.15) is 61.7 Å². The molecule has 0 aliphatic rings. The fraction of sp³-hybridized carbons (Fsp3) is 0.125. The van der Waals surface area contributed by atoms with Crippen molar-refractivity contribution in [2.75, 3.05) is 30.6 Å². The molecular weight excluding hydrogens is 853 g/mol. The summed E-state index contributed by atoms with van der Waals surface area (Å²) >= 11 is 0. The summed E-state index contributed by atoms with van der Waals surface area (Å²) in [5.74, 6) is -5.94. The number of H-pyrrole nitrogens is 4. The largest absolute Gasteiger partial charge is 1.00 e. The Morgan fingerprint density at radius 2 is 1.14 bits per heavy atom. The van der Waals surface area contributed by atoms with Gasteiger partial charge in [0.15, 0.2) is 5.70 Å². The van der Waals surface area contributed by atoms with Gasteiger partial charge < -0.3 is 65.9 Å². The zero-order valence-corrected chi connectivity index (χ0v) is 36.4. The van der Waals surface area contributed by atoms with Gasteiger partial charge in [-0.2, -0.15) is 5.11 Å². The molecule has 0 spiro atoms. The summed E-state index contributed by atoms with van der Waals surface area (Å²) in [5, 5.41) is 42.2. The van der Waals surface area contributed by atoms with Gasteiger partial charge in [-0.25, -0.2) is 24.0 Å². The molecule has 4 aromatic carbocycles. The average Bonchev–Trinajstić information content (AvgIpc) is 3.79. The molecule has 0 fully saturated rings. The number of aromatic carboxylic acids is 2. The standard InChI is InChI=1S/C20H17N5O7.C11H11N3O3.C9H9NO4.Na/c1-9(26)16(17(27)21-12-3-4-14-15(8-12)23-20(31)22-14)25-24-13-6-10(18(28)29)5-11(7-13)19(30)32-2;1-6(15)4-10(16)12-7-2-3-8-9(5-7)14-11(17)13-8;1-14-9(13)6-2-5(8(11)12)3-7(10)4-6;/h3-8,26H,1-2H3,(H,21,27)(H,28,29)(H2,22,23,31);2-3,5H,4H2,1H3,(H,12,16)(H2,13,14,17);2-4H,10H2,1H3,(H,11,12);/q;;;+1/p-1. The number of amides is 2. The predicted octanol–water partition coefficient (Wildman–Crippen LogP) is 0.0496. The number of aliphatic hydroxyl groups is 1. The minimum Gasteiger partial charge on any atom is -0.545 e. The number of nitrogens with one attached hydrogen (secondary N) is 6. The maximum Gasteiger partial charge on any atom is 1.00 e. The maximum atomic E-state index is 12.6. The van der Waals surface area contributed by atoms with E-state index in [-0.39, 0.29) is 87.0 Å². The third kappa shape index (κ3) is 14.2. The number of fused-ring (bicyclic) bond motifs is 2. The number of hydrogen-bond donors (Lipinski definition) is 9. The SMILES string of the molecule is CC(=O)CC(=O)Nc1ccc2[nH]c(=O)[nH]c2c1.COC(=O)c1cc(N)cc(C(=O)[O-])c1.COC(=O)c1cc(N=NC(C(=O)Nc2ccc3[nH]c(=O)[nH]c3c2)=C(C)O)cc(C(=O)O)c1.[Na+]. The number of esters is 2. The van der Waals surface area contributed by atoms with Crippen LogP contribution in [-0.4, -0.2) is 85.8 Å². The van der Waals surface area contributed by atoms with Crippen LogP contribution in [-0.2, 0) is 23.9 Å². The number of anilines is 3. The van der Waals surface area contributed by atoms with Crippen molar-refractivity contribution in [2.45, 2.75) is 20.3 Å². The summed E-state index contributed by atoms with van der Waals surface area (Å²) in [6.07, 6.45) is -0.151. The van der Waals surface area contributed by atoms with E-state index in [1.807, 2.05) is 0 Å². The summed E-state index contributed by atoms with van der Waals surface area (Å²) < 4.78 is 9.00. The van der Waals surface area contributed by atoms with Crippen LogP contribution in [0.15, 0.2) is 104 Å². The number of imidazole rings is 2. The number of Topliss-reactive ketones (excluding diaryl/α,β-unsaturated/α-hetero) is 1. The Kier molecular flexibility index (Phi) is 17.7. The van der Waals surface area contributed by atoms with Gasteiger partial charge in [0.1, 0.15) is 11.5 Å². The monoisotopic (exact) mass is 889 g/mol. The molecule has 2 heterocycles. The summed E-state index contributed by atoms with van der Waals surface area (Å²) in [4.78, 5) is 112. The number of rotatable bonds is 11. The van der Waals surface area contributed by atoms with Gasteiger partial charge in [0, 0.05) is 22.6 Å². The van der Waals surface area contributed by atoms with E-state index in [1.54, 1.807) is 24.3 Å². The van der Waals surface area contributed by atoms with Crippen LogP contribution in [0.4, 0.5) is 22.7 Å². The van der Waals surface area contributed by atoms with E-state index in [4.69, 9.17) is 5.73 Å². The molecule has 0 radical (unpaired) electrons. The van der Waals surface area contributed by atoms with Gasteiger partial charge in [-0.15, -0.1) is 5.11 Å². The topological polar surface area (TPSA) is 374 Å². The summed E-state index contributed by atoms with van der Waals surface area (Å²) in [5.41, 5.74) is 7.11. The zero-order chi connectivity index (χ0) is 46.5. The number of carboxylic acid groups (broad SMARTS) is 2. The third-order valence-corrected chi connectivity index (χ3v) is 8.00. The number of hydrogen-bond acceptors (Lipinski definition) is 16. The van der Waals surface area contributed by atoms with E-state index in [0.29, 0.717) is 33.4 Å². The third-order valence-electron chi connectivity index (χ3n) is 8.00. The van der Waals surface area contributed by atoms with E-state index in [1.165, 1.54) is 51.3 Å². The molecule has 2 aromatic heterocycles. The number of nitrogens with zero attached hydrogens (tertiary/aromatic N) is 2. The number of aromatic nitrogens is 4. The number of aliphatic hydroxyl groups excluding tert-OH is 1. The van der Waals surface area contributed by atoms with Crippen molar-refractivity contribution < 1.29 is 87.9 Å². The molecule has 0 unspecified atom stereocenters. The normalized spacial score (nSPS) is 10.8. The minimum atomic E-state index is -1.39. The van der Waals surface area contributed by atoms with Gasteiger partial charge in [0.25, 0.3) is 5.91 Å². The first-order valence-corrected chi connectivity index (χ1v) is 17.8. The Balaban J connectivity index is 0.000000285. The summed E-state index contributed by atoms with van der Waals surface area (Å²) in [6, 6.07) is 16.7. The molecule has 2 amide bonds. The second-order valence-corrected chi connectivity index (χ2v) is 12.9. The fourth-order valence-corrected chi connectivity index (χ4v) is 5.27. The number of benzene rings is 4. The predicted molar refractivity (Wildman–Crippen MR) is 222 cm³/mol. The number of ether oxygens (including phenoxy) is 2. The Labute approximate surface area is 381 Å². The van der Waals surface area contributed by atoms with Gasteiger partial charge in [0.2, 0.25) is 5.91 Å². The number of azo groups is 1. The minimum absolute atomic E-state index is 0. The van der Waals surface area contributed by atoms with Crippen LogP contribution >= 0.6 is 0 Å². The van der Waals surface area contributed by atoms with E-state index < -0.39 is 46.9 Å². The number of aromatic amines is 4. The number of carboxylic acids is 2. The van der Waals surface area contributed by atoms with E-state index in [2.05, 4.69) is 50.3 Å². The number of methoxy groups -OCH3 is 2. The summed E-state index contributed by atoms with van der Waals surface area (Å²) in [6.45, 7) is 2.57. The van der Waals surface area contributed by atoms with E-state index in [0.717, 1.165) is 25.3 Å². The van der Waals surface area contributed by atoms with Crippen LogP contribution in [0.25, 0.3) is 22.1 Å². The van der Waals surface area contributed by atoms with Crippen molar-refractivity contribution in [3.05, 3.63) is 127 Å². The molecule has 24 heteroatoms. The molecule has 0 aliphatic carbocycles. The molecule has 0 saturated heterocycles. The van der Waals surface area contributed by atoms with Gasteiger partial charge in [0.05, 0.1) is 71.1 Å². The second-order valence-electron chi connectivity index (χ2n) is 12.9. The number of carbonyl (C=O) groups excluding carboxylic acids is 6. The van der Waals surface area contributed by atoms with Crippen LogP contribution in [0.2, 0.25) is 0 Å². The molecular formula is C40H36N9NaO14. The molecule has 64 heavy (non-hydrogen) atoms. The molecule has 6 aromatic rings. The van der Waals surface area contributed by atoms with Crippen molar-refractivity contribution in [3.8, 4) is 0 Å².